The molecule has 3 atom stereocenters. The lowest BCUT2D eigenvalue weighted by Gasteiger charge is -2.16. The van der Waals surface area contributed by atoms with Crippen LogP contribution in [0.4, 0.5) is 4.79 Å². The third-order valence-corrected chi connectivity index (χ3v) is 4.74. The zero-order valence-electron chi connectivity index (χ0n) is 11.9. The Labute approximate surface area is 139 Å². The molecule has 0 bridgehead atoms. The molecule has 2 rings (SSSR count). The molecular weight excluding hydrogens is 360 g/mol. The number of thioether (sulfide) groups is 1. The number of carbonyl (C=O) groups excluding carboxylic acids is 1. The van der Waals surface area contributed by atoms with Crippen LogP contribution in [0.1, 0.15) is 25.7 Å². The summed E-state index contributed by atoms with van der Waals surface area (Å²) >= 11 is 1.87. The number of carbonyl (C=O) groups is 2. The molecule has 0 radical (unpaired) electrons. The van der Waals surface area contributed by atoms with Crippen molar-refractivity contribution in [3.05, 3.63) is 0 Å². The molecule has 2 fully saturated rings. The van der Waals surface area contributed by atoms with E-state index in [2.05, 4.69) is 10.6 Å². The fourth-order valence-electron chi connectivity index (χ4n) is 2.26. The number of carboxylic acid groups (broad SMARTS) is 1. The SMILES string of the molecule is Br.NCCN.O=C(O)CCCC[C@@H]1SC[C@@H]2NC(=O)N[C@@H]21. The van der Waals surface area contributed by atoms with Crippen LogP contribution >= 0.6 is 28.7 Å². The van der Waals surface area contributed by atoms with Crippen molar-refractivity contribution < 1.29 is 14.7 Å². The lowest BCUT2D eigenvalue weighted by molar-refractivity contribution is -0.137. The van der Waals surface area contributed by atoms with Gasteiger partial charge in [-0.15, -0.1) is 17.0 Å². The van der Waals surface area contributed by atoms with Gasteiger partial charge in [-0.2, -0.15) is 11.8 Å². The summed E-state index contributed by atoms with van der Waals surface area (Å²) in [4.78, 5) is 21.5. The third kappa shape index (κ3) is 7.35. The van der Waals surface area contributed by atoms with Gasteiger partial charge in [0.1, 0.15) is 0 Å². The van der Waals surface area contributed by atoms with Gasteiger partial charge in [0.05, 0.1) is 12.1 Å². The Hall–Kier alpha value is -0.510. The molecule has 2 heterocycles. The topological polar surface area (TPSA) is 130 Å². The van der Waals surface area contributed by atoms with Gasteiger partial charge in [-0.3, -0.25) is 4.79 Å². The van der Waals surface area contributed by atoms with Crippen LogP contribution in [-0.4, -0.2) is 53.3 Å². The van der Waals surface area contributed by atoms with Gasteiger partial charge < -0.3 is 27.2 Å². The summed E-state index contributed by atoms with van der Waals surface area (Å²) in [6, 6.07) is 0.440. The maximum Gasteiger partial charge on any atom is 0.315 e. The van der Waals surface area contributed by atoms with E-state index in [-0.39, 0.29) is 41.5 Å². The molecule has 7 N–H and O–H groups in total. The van der Waals surface area contributed by atoms with Gasteiger partial charge in [0.15, 0.2) is 0 Å². The molecule has 0 saturated carbocycles. The summed E-state index contributed by atoms with van der Waals surface area (Å²) in [6.45, 7) is 1.19. The van der Waals surface area contributed by atoms with Crippen molar-refractivity contribution in [1.29, 1.82) is 0 Å². The van der Waals surface area contributed by atoms with Gasteiger partial charge in [-0.25, -0.2) is 4.79 Å². The summed E-state index contributed by atoms with van der Waals surface area (Å²) in [5, 5.41) is 14.8. The largest absolute Gasteiger partial charge is 0.481 e. The van der Waals surface area contributed by atoms with Crippen LogP contribution in [0.5, 0.6) is 0 Å². The van der Waals surface area contributed by atoms with Crippen LogP contribution in [0, 0.1) is 0 Å². The van der Waals surface area contributed by atoms with Crippen molar-refractivity contribution in [2.75, 3.05) is 18.8 Å². The normalized spacial score (nSPS) is 25.8. The fraction of sp³-hybridized carbons (Fsp3) is 0.833. The molecule has 2 amide bonds. The molecule has 0 aromatic carbocycles. The van der Waals surface area contributed by atoms with Crippen LogP contribution in [-0.2, 0) is 4.79 Å². The minimum absolute atomic E-state index is 0. The van der Waals surface area contributed by atoms with E-state index in [0.29, 0.717) is 18.3 Å². The number of nitrogens with two attached hydrogens (primary N) is 2. The van der Waals surface area contributed by atoms with Crippen LogP contribution in [0.3, 0.4) is 0 Å². The van der Waals surface area contributed by atoms with Gasteiger partial charge in [-0.1, -0.05) is 6.42 Å². The van der Waals surface area contributed by atoms with Crippen molar-refractivity contribution in [2.24, 2.45) is 11.5 Å². The Balaban J connectivity index is 0.000000715. The van der Waals surface area contributed by atoms with Crippen molar-refractivity contribution in [3.8, 4) is 0 Å². The van der Waals surface area contributed by atoms with E-state index in [9.17, 15) is 9.59 Å². The Morgan fingerprint density at radius 3 is 2.52 bits per heavy atom. The molecule has 2 aliphatic heterocycles. The zero-order chi connectivity index (χ0) is 15.0. The van der Waals surface area contributed by atoms with Gasteiger partial charge in [0, 0.05) is 30.5 Å². The molecular formula is C12H25BrN4O3S. The second-order valence-electron chi connectivity index (χ2n) is 4.84. The molecule has 0 unspecified atom stereocenters. The fourth-order valence-corrected chi connectivity index (χ4v) is 3.81. The van der Waals surface area contributed by atoms with E-state index >= 15 is 0 Å². The Bertz CT molecular complexity index is 334. The van der Waals surface area contributed by atoms with Gasteiger partial charge in [0.2, 0.25) is 0 Å². The number of nitrogens with one attached hydrogen (secondary N) is 2. The third-order valence-electron chi connectivity index (χ3n) is 3.23. The van der Waals surface area contributed by atoms with E-state index in [1.807, 2.05) is 11.8 Å². The predicted octanol–water partition coefficient (Wildman–Crippen LogP) is 0.279. The highest BCUT2D eigenvalue weighted by atomic mass is 79.9. The molecule has 0 aliphatic carbocycles. The molecule has 7 nitrogen and oxygen atoms in total. The van der Waals surface area contributed by atoms with Gasteiger partial charge in [-0.05, 0) is 12.8 Å². The average molecular weight is 385 g/mol. The summed E-state index contributed by atoms with van der Waals surface area (Å²) in [7, 11) is 0. The van der Waals surface area contributed by atoms with Crippen molar-refractivity contribution in [3.63, 3.8) is 0 Å². The second-order valence-corrected chi connectivity index (χ2v) is 6.11. The molecule has 0 spiro atoms. The number of rotatable bonds is 6. The smallest absolute Gasteiger partial charge is 0.315 e. The van der Waals surface area contributed by atoms with Crippen molar-refractivity contribution >= 4 is 40.7 Å². The van der Waals surface area contributed by atoms with E-state index in [4.69, 9.17) is 16.6 Å². The first kappa shape index (κ1) is 20.5. The number of amides is 2. The standard InChI is InChI=1S/C10H16N2O3S.C2H8N2.BrH/c13-8(14)4-2-1-3-7-9-6(5-16-7)11-10(15)12-9;3-1-2-4;/h6-7,9H,1-5H2,(H,13,14)(H2,11,12,15);1-4H2;1H/t6-,7-,9-;;/m0../s1. The molecule has 9 heteroatoms. The minimum atomic E-state index is -0.729. The lowest BCUT2D eigenvalue weighted by Crippen LogP contribution is -2.36. The maximum absolute atomic E-state index is 11.1. The number of hydrogen-bond donors (Lipinski definition) is 5. The van der Waals surface area contributed by atoms with E-state index in [0.717, 1.165) is 25.0 Å². The number of fused-ring (bicyclic) bond motifs is 1. The Kier molecular flexibility index (Phi) is 10.8. The molecule has 2 saturated heterocycles. The predicted molar refractivity (Wildman–Crippen MR) is 90.0 cm³/mol. The Morgan fingerprint density at radius 1 is 1.29 bits per heavy atom. The van der Waals surface area contributed by atoms with Crippen molar-refractivity contribution in [2.45, 2.75) is 43.0 Å². The molecule has 21 heavy (non-hydrogen) atoms. The average Bonchev–Trinajstić information content (AvgIpc) is 2.94. The zero-order valence-corrected chi connectivity index (χ0v) is 14.4. The summed E-state index contributed by atoms with van der Waals surface area (Å²) < 4.78 is 0. The summed E-state index contributed by atoms with van der Waals surface area (Å²) in [5.74, 6) is 0.236. The quantitative estimate of drug-likeness (QED) is 0.330. The highest BCUT2D eigenvalue weighted by molar-refractivity contribution is 8.93. The second kappa shape index (κ2) is 11.1. The first-order chi connectivity index (χ1) is 9.58. The van der Waals surface area contributed by atoms with E-state index in [1.165, 1.54) is 0 Å². The van der Waals surface area contributed by atoms with Crippen LogP contribution in [0.15, 0.2) is 0 Å². The summed E-state index contributed by atoms with van der Waals surface area (Å²) in [6.07, 6.45) is 2.88. The van der Waals surface area contributed by atoms with E-state index < -0.39 is 5.97 Å². The first-order valence-electron chi connectivity index (χ1n) is 6.89. The van der Waals surface area contributed by atoms with E-state index in [1.54, 1.807) is 0 Å². The first-order valence-corrected chi connectivity index (χ1v) is 7.94. The number of unbranched alkanes of at least 4 members (excludes halogenated alkanes) is 1. The maximum atomic E-state index is 11.1. The molecule has 0 aromatic heterocycles. The number of hydrogen-bond acceptors (Lipinski definition) is 5. The van der Waals surface area contributed by atoms with Crippen LogP contribution in [0.25, 0.3) is 0 Å². The Morgan fingerprint density at radius 2 is 1.95 bits per heavy atom. The number of urea groups is 1. The molecule has 2 aliphatic rings. The number of halogens is 1. The minimum Gasteiger partial charge on any atom is -0.481 e. The monoisotopic (exact) mass is 384 g/mol. The van der Waals surface area contributed by atoms with Crippen LogP contribution in [0.2, 0.25) is 0 Å². The van der Waals surface area contributed by atoms with Gasteiger partial charge in [0.25, 0.3) is 0 Å². The number of carboxylic acids is 1. The highest BCUT2D eigenvalue weighted by Crippen LogP contribution is 2.33. The van der Waals surface area contributed by atoms with Gasteiger partial charge >= 0.3 is 12.0 Å². The molecule has 124 valence electrons. The van der Waals surface area contributed by atoms with Crippen molar-refractivity contribution in [1.82, 2.24) is 10.6 Å². The summed E-state index contributed by atoms with van der Waals surface area (Å²) in [5.41, 5.74) is 9.81. The number of aliphatic carboxylic acids is 1. The van der Waals surface area contributed by atoms with Crippen LogP contribution < -0.4 is 22.1 Å². The lowest BCUT2D eigenvalue weighted by atomic mass is 10.0. The molecule has 0 aromatic rings. The highest BCUT2D eigenvalue weighted by Gasteiger charge is 2.42.